The first kappa shape index (κ1) is 14.3. The number of aromatic amines is 1. The van der Waals surface area contributed by atoms with E-state index >= 15 is 0 Å². The average molecular weight is 313 g/mol. The van der Waals surface area contributed by atoms with Gasteiger partial charge >= 0.3 is 0 Å². The molecule has 6 heteroatoms. The maximum Gasteiger partial charge on any atom is 0.264 e. The van der Waals surface area contributed by atoms with Gasteiger partial charge in [0.15, 0.2) is 0 Å². The second kappa shape index (κ2) is 5.70. The molecule has 4 rings (SSSR count). The Morgan fingerprint density at radius 3 is 2.78 bits per heavy atom. The topological polar surface area (TPSA) is 76.2 Å². The summed E-state index contributed by atoms with van der Waals surface area (Å²) in [6, 6.07) is 8.80. The van der Waals surface area contributed by atoms with Crippen molar-refractivity contribution in [2.45, 2.75) is 31.3 Å². The van der Waals surface area contributed by atoms with Crippen molar-refractivity contribution in [1.82, 2.24) is 15.5 Å². The predicted octanol–water partition coefficient (Wildman–Crippen LogP) is 2.01. The molecule has 2 aliphatic heterocycles. The molecule has 23 heavy (non-hydrogen) atoms. The van der Waals surface area contributed by atoms with Crippen molar-refractivity contribution in [3.05, 3.63) is 46.2 Å². The Labute approximate surface area is 133 Å². The van der Waals surface area contributed by atoms with E-state index in [4.69, 9.17) is 9.47 Å². The molecule has 2 aliphatic rings. The summed E-state index contributed by atoms with van der Waals surface area (Å²) in [5.41, 5.74) is 0.917. The maximum absolute atomic E-state index is 11.0. The van der Waals surface area contributed by atoms with Gasteiger partial charge in [-0.1, -0.05) is 0 Å². The van der Waals surface area contributed by atoms with E-state index in [-0.39, 0.29) is 11.2 Å². The van der Waals surface area contributed by atoms with Gasteiger partial charge < -0.3 is 14.8 Å². The fourth-order valence-corrected chi connectivity index (χ4v) is 3.30. The Morgan fingerprint density at radius 1 is 1.13 bits per heavy atom. The van der Waals surface area contributed by atoms with Gasteiger partial charge in [0.05, 0.1) is 0 Å². The third kappa shape index (κ3) is 2.94. The largest absolute Gasteiger partial charge is 0.487 e. The zero-order valence-electron chi connectivity index (χ0n) is 12.8. The van der Waals surface area contributed by atoms with Gasteiger partial charge in [-0.25, -0.2) is 5.10 Å². The Morgan fingerprint density at radius 2 is 2.00 bits per heavy atom. The molecule has 1 spiro atoms. The van der Waals surface area contributed by atoms with Crippen LogP contribution in [0.15, 0.2) is 35.1 Å². The number of nitrogens with zero attached hydrogens (tertiary/aromatic N) is 1. The van der Waals surface area contributed by atoms with Crippen molar-refractivity contribution in [2.75, 3.05) is 13.1 Å². The first-order valence-corrected chi connectivity index (χ1v) is 7.99. The van der Waals surface area contributed by atoms with E-state index in [1.165, 1.54) is 6.07 Å². The van der Waals surface area contributed by atoms with Crippen molar-refractivity contribution in [3.63, 3.8) is 0 Å². The molecule has 0 saturated carbocycles. The van der Waals surface area contributed by atoms with Crippen LogP contribution in [-0.2, 0) is 6.42 Å². The summed E-state index contributed by atoms with van der Waals surface area (Å²) in [6.07, 6.45) is 4.16. The van der Waals surface area contributed by atoms with Gasteiger partial charge in [-0.05, 0) is 62.5 Å². The second-order valence-electron chi connectivity index (χ2n) is 6.17. The molecule has 120 valence electrons. The highest BCUT2D eigenvalue weighted by Gasteiger charge is 2.37. The molecule has 1 fully saturated rings. The smallest absolute Gasteiger partial charge is 0.264 e. The maximum atomic E-state index is 11.0. The lowest BCUT2D eigenvalue weighted by atomic mass is 9.84. The summed E-state index contributed by atoms with van der Waals surface area (Å²) < 4.78 is 12.0. The fraction of sp³-hybridized carbons (Fsp3) is 0.412. The second-order valence-corrected chi connectivity index (χ2v) is 6.17. The molecule has 0 bridgehead atoms. The summed E-state index contributed by atoms with van der Waals surface area (Å²) in [6.45, 7) is 2.04. The Balaban J connectivity index is 1.53. The van der Waals surface area contributed by atoms with Gasteiger partial charge in [0.1, 0.15) is 17.1 Å². The molecule has 2 N–H and O–H groups in total. The van der Waals surface area contributed by atoms with E-state index in [0.29, 0.717) is 11.6 Å². The van der Waals surface area contributed by atoms with Crippen LogP contribution in [0.25, 0.3) is 0 Å². The summed E-state index contributed by atoms with van der Waals surface area (Å²) >= 11 is 0. The molecule has 0 unspecified atom stereocenters. The molecule has 6 nitrogen and oxygen atoms in total. The normalized spacial score (nSPS) is 19.0. The molecule has 0 aliphatic carbocycles. The van der Waals surface area contributed by atoms with E-state index in [1.807, 2.05) is 18.2 Å². The number of piperidine rings is 1. The number of aromatic nitrogens is 2. The number of hydrogen-bond acceptors (Lipinski definition) is 5. The van der Waals surface area contributed by atoms with Crippen LogP contribution in [0.4, 0.5) is 0 Å². The van der Waals surface area contributed by atoms with Crippen LogP contribution in [0, 0.1) is 0 Å². The lowest BCUT2D eigenvalue weighted by molar-refractivity contribution is 0.0169. The highest BCUT2D eigenvalue weighted by atomic mass is 16.5. The van der Waals surface area contributed by atoms with Crippen LogP contribution in [0.3, 0.4) is 0 Å². The molecule has 3 heterocycles. The molecule has 1 saturated heterocycles. The SMILES string of the molecule is O=c1ccc(Oc2ccc3c(c2)CCC2(CCNCC2)O3)n[nH]1. The number of ether oxygens (including phenoxy) is 2. The fourth-order valence-electron chi connectivity index (χ4n) is 3.30. The minimum Gasteiger partial charge on any atom is -0.487 e. The molecule has 0 amide bonds. The molecule has 0 atom stereocenters. The first-order chi connectivity index (χ1) is 11.2. The van der Waals surface area contributed by atoms with Crippen LogP contribution in [0.2, 0.25) is 0 Å². The van der Waals surface area contributed by atoms with E-state index in [9.17, 15) is 4.79 Å². The molecular formula is C17H19N3O3. The lowest BCUT2D eigenvalue weighted by Crippen LogP contribution is -2.48. The number of fused-ring (bicyclic) bond motifs is 1. The van der Waals surface area contributed by atoms with E-state index in [2.05, 4.69) is 15.5 Å². The van der Waals surface area contributed by atoms with Crippen LogP contribution in [-0.4, -0.2) is 28.9 Å². The minimum atomic E-state index is -0.247. The highest BCUT2D eigenvalue weighted by Crippen LogP contribution is 2.39. The van der Waals surface area contributed by atoms with Crippen LogP contribution < -0.4 is 20.3 Å². The standard InChI is InChI=1S/C17H19N3O3/c21-15-3-4-16(20-19-15)22-13-1-2-14-12(11-13)5-6-17(23-14)7-9-18-10-8-17/h1-4,11,18H,5-10H2,(H,19,21). The number of benzene rings is 1. The third-order valence-electron chi connectivity index (χ3n) is 4.60. The minimum absolute atomic E-state index is 0.00109. The van der Waals surface area contributed by atoms with Gasteiger partial charge in [0.25, 0.3) is 5.56 Å². The predicted molar refractivity (Wildman–Crippen MR) is 85.2 cm³/mol. The summed E-state index contributed by atoms with van der Waals surface area (Å²) in [5, 5.41) is 9.60. The number of H-pyrrole nitrogens is 1. The molecular weight excluding hydrogens is 294 g/mol. The summed E-state index contributed by atoms with van der Waals surface area (Å²) in [7, 11) is 0. The van der Waals surface area contributed by atoms with Gasteiger partial charge in [0.2, 0.25) is 5.88 Å². The molecule has 0 radical (unpaired) electrons. The molecule has 1 aromatic heterocycles. The van der Waals surface area contributed by atoms with Gasteiger partial charge in [-0.3, -0.25) is 4.79 Å². The average Bonchev–Trinajstić information content (AvgIpc) is 2.58. The van der Waals surface area contributed by atoms with Crippen molar-refractivity contribution in [3.8, 4) is 17.4 Å². The van der Waals surface area contributed by atoms with Gasteiger partial charge in [0, 0.05) is 12.1 Å². The van der Waals surface area contributed by atoms with E-state index in [1.54, 1.807) is 6.07 Å². The lowest BCUT2D eigenvalue weighted by Gasteiger charge is -2.41. The Hall–Kier alpha value is -2.34. The Kier molecular flexibility index (Phi) is 3.53. The first-order valence-electron chi connectivity index (χ1n) is 7.99. The van der Waals surface area contributed by atoms with Crippen molar-refractivity contribution in [2.24, 2.45) is 0 Å². The molecule has 2 aromatic rings. The quantitative estimate of drug-likeness (QED) is 0.887. The number of hydrogen-bond donors (Lipinski definition) is 2. The van der Waals surface area contributed by atoms with Crippen molar-refractivity contribution in [1.29, 1.82) is 0 Å². The zero-order chi connectivity index (χ0) is 15.7. The highest BCUT2D eigenvalue weighted by molar-refractivity contribution is 5.43. The van der Waals surface area contributed by atoms with Crippen LogP contribution in [0.5, 0.6) is 17.4 Å². The van der Waals surface area contributed by atoms with Crippen molar-refractivity contribution >= 4 is 0 Å². The summed E-state index contributed by atoms with van der Waals surface area (Å²) in [4.78, 5) is 11.0. The monoisotopic (exact) mass is 313 g/mol. The van der Waals surface area contributed by atoms with E-state index < -0.39 is 0 Å². The number of rotatable bonds is 2. The van der Waals surface area contributed by atoms with Crippen LogP contribution >= 0.6 is 0 Å². The number of aryl methyl sites for hydroxylation is 1. The van der Waals surface area contributed by atoms with Gasteiger partial charge in [-0.15, -0.1) is 5.10 Å². The number of nitrogens with one attached hydrogen (secondary N) is 2. The third-order valence-corrected chi connectivity index (χ3v) is 4.60. The Bertz CT molecular complexity index is 745. The van der Waals surface area contributed by atoms with Crippen molar-refractivity contribution < 1.29 is 9.47 Å². The molecule has 1 aromatic carbocycles. The zero-order valence-corrected chi connectivity index (χ0v) is 12.8. The van der Waals surface area contributed by atoms with Crippen LogP contribution in [0.1, 0.15) is 24.8 Å². The van der Waals surface area contributed by atoms with E-state index in [0.717, 1.165) is 50.1 Å². The van der Waals surface area contributed by atoms with Gasteiger partial charge in [-0.2, -0.15) is 0 Å². The summed E-state index contributed by atoms with van der Waals surface area (Å²) in [5.74, 6) is 2.03.